The molecule has 0 unspecified atom stereocenters. The molecule has 3 rings (SSSR count). The van der Waals surface area contributed by atoms with Crippen LogP contribution in [0.2, 0.25) is 5.02 Å². The fraction of sp³-hybridized carbons (Fsp3) is 0.222. The molecule has 0 aliphatic carbocycles. The summed E-state index contributed by atoms with van der Waals surface area (Å²) in [4.78, 5) is 33.1. The van der Waals surface area contributed by atoms with Gasteiger partial charge in [-0.25, -0.2) is 10.4 Å². The minimum atomic E-state index is -0.362. The zero-order chi connectivity index (χ0) is 18.8. The fourth-order valence-corrected chi connectivity index (χ4v) is 3.74. The van der Waals surface area contributed by atoms with Crippen LogP contribution in [0.4, 0.5) is 0 Å². The van der Waals surface area contributed by atoms with Gasteiger partial charge in [-0.1, -0.05) is 23.7 Å². The third-order valence-electron chi connectivity index (χ3n) is 4.01. The summed E-state index contributed by atoms with van der Waals surface area (Å²) in [5, 5.41) is 5.26. The van der Waals surface area contributed by atoms with Crippen LogP contribution in [0, 0.1) is 13.8 Å². The Kier molecular flexibility index (Phi) is 5.20. The van der Waals surface area contributed by atoms with Gasteiger partial charge in [0.15, 0.2) is 0 Å². The van der Waals surface area contributed by atoms with E-state index < -0.39 is 0 Å². The highest BCUT2D eigenvalue weighted by atomic mass is 35.5. The zero-order valence-electron chi connectivity index (χ0n) is 14.5. The van der Waals surface area contributed by atoms with Gasteiger partial charge in [-0.05, 0) is 44.0 Å². The highest BCUT2D eigenvalue weighted by Gasteiger charge is 2.13. The molecule has 0 saturated heterocycles. The van der Waals surface area contributed by atoms with E-state index in [1.54, 1.807) is 19.1 Å². The monoisotopic (exact) mass is 388 g/mol. The van der Waals surface area contributed by atoms with Gasteiger partial charge in [0.25, 0.3) is 5.56 Å². The van der Waals surface area contributed by atoms with Crippen LogP contribution in [0.15, 0.2) is 34.2 Å². The Morgan fingerprint density at radius 1 is 1.38 bits per heavy atom. The number of thiophene rings is 1. The molecule has 0 atom stereocenters. The molecule has 0 saturated carbocycles. The van der Waals surface area contributed by atoms with Crippen molar-refractivity contribution in [3.05, 3.63) is 61.5 Å². The Bertz CT molecular complexity index is 1080. The van der Waals surface area contributed by atoms with E-state index in [2.05, 4.69) is 20.5 Å². The first-order valence-corrected chi connectivity index (χ1v) is 9.12. The summed E-state index contributed by atoms with van der Waals surface area (Å²) >= 11 is 7.40. The first kappa shape index (κ1) is 18.3. The van der Waals surface area contributed by atoms with E-state index in [0.29, 0.717) is 26.8 Å². The van der Waals surface area contributed by atoms with Gasteiger partial charge in [-0.15, -0.1) is 11.3 Å². The number of carbonyl (C=O) groups is 1. The van der Waals surface area contributed by atoms with Crippen molar-refractivity contribution in [3.8, 4) is 0 Å². The molecule has 2 heterocycles. The summed E-state index contributed by atoms with van der Waals surface area (Å²) in [5.74, 6) is -0.0456. The van der Waals surface area contributed by atoms with Crippen LogP contribution < -0.4 is 11.0 Å². The number of nitrogens with zero attached hydrogens (tertiary/aromatic N) is 2. The van der Waals surface area contributed by atoms with Crippen LogP contribution >= 0.6 is 22.9 Å². The molecule has 0 radical (unpaired) electrons. The van der Waals surface area contributed by atoms with E-state index in [9.17, 15) is 9.59 Å². The molecule has 3 aromatic rings. The first-order valence-electron chi connectivity index (χ1n) is 7.93. The molecular formula is C18H17ClN4O2S. The smallest absolute Gasteiger partial charge is 0.259 e. The second-order valence-electron chi connectivity index (χ2n) is 5.90. The number of rotatable bonds is 4. The van der Waals surface area contributed by atoms with Crippen LogP contribution in [0.3, 0.4) is 0 Å². The lowest BCUT2D eigenvalue weighted by atomic mass is 10.1. The molecule has 8 heteroatoms. The molecule has 2 N–H and O–H groups in total. The lowest BCUT2D eigenvalue weighted by Crippen LogP contribution is -2.24. The van der Waals surface area contributed by atoms with Crippen molar-refractivity contribution in [2.45, 2.75) is 27.2 Å². The summed E-state index contributed by atoms with van der Waals surface area (Å²) in [7, 11) is 0. The maximum Gasteiger partial charge on any atom is 0.259 e. The van der Waals surface area contributed by atoms with E-state index in [-0.39, 0.29) is 17.9 Å². The van der Waals surface area contributed by atoms with Crippen molar-refractivity contribution in [2.24, 2.45) is 5.10 Å². The van der Waals surface area contributed by atoms with Crippen LogP contribution in [-0.2, 0) is 11.2 Å². The van der Waals surface area contributed by atoms with Crippen LogP contribution in [-0.4, -0.2) is 21.6 Å². The SMILES string of the molecule is C/C(=N\NC(=O)Cc1nc2sc(C)c(C)c2c(=O)[nH]1)c1cccc(Cl)c1. The molecule has 0 fully saturated rings. The Balaban J connectivity index is 1.75. The summed E-state index contributed by atoms with van der Waals surface area (Å²) in [6.45, 7) is 5.61. The summed E-state index contributed by atoms with van der Waals surface area (Å²) in [6.07, 6.45) is -0.0620. The molecule has 1 amide bonds. The number of hydrogen-bond donors (Lipinski definition) is 2. The van der Waals surface area contributed by atoms with Gasteiger partial charge in [-0.3, -0.25) is 9.59 Å². The maximum absolute atomic E-state index is 12.2. The van der Waals surface area contributed by atoms with Gasteiger partial charge in [0.1, 0.15) is 10.7 Å². The van der Waals surface area contributed by atoms with Crippen molar-refractivity contribution >= 4 is 44.8 Å². The number of amides is 1. The predicted octanol–water partition coefficient (Wildman–Crippen LogP) is 3.34. The largest absolute Gasteiger partial charge is 0.309 e. The number of aromatic nitrogens is 2. The van der Waals surface area contributed by atoms with Crippen LogP contribution in [0.5, 0.6) is 0 Å². The minimum absolute atomic E-state index is 0.0620. The number of halogens is 1. The predicted molar refractivity (Wildman–Crippen MR) is 105 cm³/mol. The molecule has 134 valence electrons. The molecule has 0 spiro atoms. The quantitative estimate of drug-likeness (QED) is 0.530. The molecule has 0 aliphatic rings. The van der Waals surface area contributed by atoms with Gasteiger partial charge >= 0.3 is 0 Å². The Morgan fingerprint density at radius 2 is 2.15 bits per heavy atom. The molecule has 26 heavy (non-hydrogen) atoms. The molecule has 0 aliphatic heterocycles. The van der Waals surface area contributed by atoms with Crippen molar-refractivity contribution in [3.63, 3.8) is 0 Å². The number of aromatic amines is 1. The topological polar surface area (TPSA) is 87.2 Å². The van der Waals surface area contributed by atoms with Crippen LogP contribution in [0.25, 0.3) is 10.2 Å². The molecular weight excluding hydrogens is 372 g/mol. The number of aryl methyl sites for hydroxylation is 2. The molecule has 2 aromatic heterocycles. The normalized spacial score (nSPS) is 11.8. The average Bonchev–Trinajstić information content (AvgIpc) is 2.87. The number of hydrogen-bond acceptors (Lipinski definition) is 5. The molecule has 0 bridgehead atoms. The van der Waals surface area contributed by atoms with Gasteiger partial charge in [-0.2, -0.15) is 5.10 Å². The average molecular weight is 389 g/mol. The number of H-pyrrole nitrogens is 1. The van der Waals surface area contributed by atoms with E-state index in [1.165, 1.54) is 11.3 Å². The zero-order valence-corrected chi connectivity index (χ0v) is 16.1. The summed E-state index contributed by atoms with van der Waals surface area (Å²) in [6, 6.07) is 7.20. The van der Waals surface area contributed by atoms with Crippen LogP contribution in [0.1, 0.15) is 28.8 Å². The third-order valence-corrected chi connectivity index (χ3v) is 5.34. The summed E-state index contributed by atoms with van der Waals surface area (Å²) in [5.41, 5.74) is 4.63. The first-order chi connectivity index (χ1) is 12.3. The number of nitrogens with one attached hydrogen (secondary N) is 2. The van der Waals surface area contributed by atoms with Crippen molar-refractivity contribution < 1.29 is 4.79 Å². The van der Waals surface area contributed by atoms with E-state index in [0.717, 1.165) is 16.0 Å². The maximum atomic E-state index is 12.2. The number of hydrazone groups is 1. The second kappa shape index (κ2) is 7.39. The van der Waals surface area contributed by atoms with Gasteiger partial charge in [0.05, 0.1) is 17.5 Å². The Labute approximate surface area is 158 Å². The standard InChI is InChI=1S/C18H17ClN4O2S/c1-9-11(3)26-18-16(9)17(25)20-14(21-18)8-15(24)23-22-10(2)12-5-4-6-13(19)7-12/h4-7H,8H2,1-3H3,(H,23,24)(H,20,21,25)/b22-10+. The van der Waals surface area contributed by atoms with E-state index in [4.69, 9.17) is 11.6 Å². The minimum Gasteiger partial charge on any atom is -0.309 e. The van der Waals surface area contributed by atoms with Crippen molar-refractivity contribution in [1.82, 2.24) is 15.4 Å². The summed E-state index contributed by atoms with van der Waals surface area (Å²) < 4.78 is 0. The second-order valence-corrected chi connectivity index (χ2v) is 7.53. The molecule has 6 nitrogen and oxygen atoms in total. The van der Waals surface area contributed by atoms with E-state index >= 15 is 0 Å². The third kappa shape index (κ3) is 3.84. The van der Waals surface area contributed by atoms with Crippen molar-refractivity contribution in [2.75, 3.05) is 0 Å². The lowest BCUT2D eigenvalue weighted by molar-refractivity contribution is -0.120. The number of benzene rings is 1. The fourth-order valence-electron chi connectivity index (χ4n) is 2.50. The Morgan fingerprint density at radius 3 is 2.88 bits per heavy atom. The number of fused-ring (bicyclic) bond motifs is 1. The highest BCUT2D eigenvalue weighted by molar-refractivity contribution is 7.18. The molecule has 1 aromatic carbocycles. The van der Waals surface area contributed by atoms with E-state index in [1.807, 2.05) is 26.0 Å². The van der Waals surface area contributed by atoms with Crippen molar-refractivity contribution in [1.29, 1.82) is 0 Å². The van der Waals surface area contributed by atoms with Gasteiger partial charge in [0.2, 0.25) is 5.91 Å². The lowest BCUT2D eigenvalue weighted by Gasteiger charge is -2.04. The highest BCUT2D eigenvalue weighted by Crippen LogP contribution is 2.25. The number of carbonyl (C=O) groups excluding carboxylic acids is 1. The van der Waals surface area contributed by atoms with Gasteiger partial charge < -0.3 is 4.98 Å². The van der Waals surface area contributed by atoms with Gasteiger partial charge in [0, 0.05) is 9.90 Å². The Hall–Kier alpha value is -2.51.